The smallest absolute Gasteiger partial charge is 0.227 e. The monoisotopic (exact) mass is 238 g/mol. The van der Waals surface area contributed by atoms with Gasteiger partial charge in [-0.15, -0.1) is 0 Å². The van der Waals surface area contributed by atoms with E-state index in [2.05, 4.69) is 0 Å². The summed E-state index contributed by atoms with van der Waals surface area (Å²) in [5.41, 5.74) is 5.90. The van der Waals surface area contributed by atoms with Crippen molar-refractivity contribution in [1.29, 1.82) is 0 Å². The molecule has 2 rings (SSSR count). The molecule has 16 heavy (non-hydrogen) atoms. The molecule has 0 bridgehead atoms. The van der Waals surface area contributed by atoms with Crippen LogP contribution < -0.4 is 10.6 Å². The highest BCUT2D eigenvalue weighted by atomic mass is 35.5. The van der Waals surface area contributed by atoms with Crippen molar-refractivity contribution in [2.45, 2.75) is 6.42 Å². The first-order valence-electron chi connectivity index (χ1n) is 4.93. The second-order valence-electron chi connectivity index (χ2n) is 3.79. The number of primary amides is 1. The van der Waals surface area contributed by atoms with E-state index >= 15 is 0 Å². The van der Waals surface area contributed by atoms with Gasteiger partial charge in [0, 0.05) is 23.7 Å². The summed E-state index contributed by atoms with van der Waals surface area (Å²) in [5, 5.41) is 0.563. The first kappa shape index (κ1) is 11.0. The normalized spacial score (nSPS) is 20.2. The predicted molar refractivity (Wildman–Crippen MR) is 61.1 cm³/mol. The van der Waals surface area contributed by atoms with Gasteiger partial charge in [-0.3, -0.25) is 9.59 Å². The molecule has 1 fully saturated rings. The topological polar surface area (TPSA) is 63.4 Å². The highest BCUT2D eigenvalue weighted by Crippen LogP contribution is 2.26. The van der Waals surface area contributed by atoms with Crippen LogP contribution in [0.5, 0.6) is 0 Å². The van der Waals surface area contributed by atoms with Crippen molar-refractivity contribution < 1.29 is 9.59 Å². The average Bonchev–Trinajstić information content (AvgIpc) is 2.60. The standard InChI is InChI=1S/C11H11ClN2O2/c12-8-2-1-3-9(5-8)14-6-7(11(13)16)4-10(14)15/h1-3,5,7H,4,6H2,(H2,13,16)/t7-/m0/s1. The van der Waals surface area contributed by atoms with E-state index in [-0.39, 0.29) is 12.3 Å². The van der Waals surface area contributed by atoms with E-state index in [4.69, 9.17) is 17.3 Å². The molecule has 4 nitrogen and oxygen atoms in total. The van der Waals surface area contributed by atoms with Crippen LogP contribution in [0.3, 0.4) is 0 Å². The lowest BCUT2D eigenvalue weighted by Crippen LogP contribution is -2.28. The minimum absolute atomic E-state index is 0.0916. The van der Waals surface area contributed by atoms with Gasteiger partial charge in [0.2, 0.25) is 11.8 Å². The van der Waals surface area contributed by atoms with Gasteiger partial charge < -0.3 is 10.6 Å². The van der Waals surface area contributed by atoms with E-state index in [0.717, 1.165) is 0 Å². The lowest BCUT2D eigenvalue weighted by atomic mass is 10.1. The van der Waals surface area contributed by atoms with Crippen LogP contribution in [0.4, 0.5) is 5.69 Å². The summed E-state index contributed by atoms with van der Waals surface area (Å²) >= 11 is 5.84. The Kier molecular flexibility index (Phi) is 2.83. The summed E-state index contributed by atoms with van der Waals surface area (Å²) < 4.78 is 0. The lowest BCUT2D eigenvalue weighted by molar-refractivity contribution is -0.123. The fraction of sp³-hybridized carbons (Fsp3) is 0.273. The summed E-state index contributed by atoms with van der Waals surface area (Å²) in [6, 6.07) is 6.98. The van der Waals surface area contributed by atoms with Crippen LogP contribution in [0.25, 0.3) is 0 Å². The van der Waals surface area contributed by atoms with Crippen LogP contribution in [-0.2, 0) is 9.59 Å². The Hall–Kier alpha value is -1.55. The molecule has 0 saturated carbocycles. The van der Waals surface area contributed by atoms with Crippen molar-refractivity contribution in [2.24, 2.45) is 11.7 Å². The van der Waals surface area contributed by atoms with Crippen molar-refractivity contribution in [3.63, 3.8) is 0 Å². The zero-order valence-electron chi connectivity index (χ0n) is 8.52. The Bertz CT molecular complexity index is 447. The maximum absolute atomic E-state index is 11.7. The fourth-order valence-corrected chi connectivity index (χ4v) is 1.98. The second-order valence-corrected chi connectivity index (χ2v) is 4.22. The number of hydrogen-bond acceptors (Lipinski definition) is 2. The third-order valence-corrected chi connectivity index (χ3v) is 2.88. The molecule has 0 aromatic heterocycles. The van der Waals surface area contributed by atoms with Crippen molar-refractivity contribution >= 4 is 29.1 Å². The van der Waals surface area contributed by atoms with Crippen LogP contribution in [0.1, 0.15) is 6.42 Å². The van der Waals surface area contributed by atoms with Crippen LogP contribution >= 0.6 is 11.6 Å². The minimum Gasteiger partial charge on any atom is -0.369 e. The van der Waals surface area contributed by atoms with Crippen molar-refractivity contribution in [3.05, 3.63) is 29.3 Å². The van der Waals surface area contributed by atoms with Gasteiger partial charge in [-0.25, -0.2) is 0 Å². The molecule has 1 aromatic carbocycles. The molecule has 0 aliphatic carbocycles. The Morgan fingerprint density at radius 1 is 1.50 bits per heavy atom. The number of carbonyl (C=O) groups is 2. The average molecular weight is 239 g/mol. The molecule has 1 aliphatic heterocycles. The number of nitrogens with two attached hydrogens (primary N) is 1. The molecular weight excluding hydrogens is 228 g/mol. The summed E-state index contributed by atoms with van der Waals surface area (Å²) in [5.74, 6) is -0.921. The molecule has 1 heterocycles. The van der Waals surface area contributed by atoms with Crippen molar-refractivity contribution in [2.75, 3.05) is 11.4 Å². The highest BCUT2D eigenvalue weighted by molar-refractivity contribution is 6.30. The van der Waals surface area contributed by atoms with Crippen molar-refractivity contribution in [3.8, 4) is 0 Å². The number of halogens is 1. The SMILES string of the molecule is NC(=O)[C@H]1CC(=O)N(c2cccc(Cl)c2)C1. The zero-order chi connectivity index (χ0) is 11.7. The van der Waals surface area contributed by atoms with E-state index in [9.17, 15) is 9.59 Å². The molecule has 1 aromatic rings. The number of nitrogens with zero attached hydrogens (tertiary/aromatic N) is 1. The second kappa shape index (κ2) is 4.14. The molecule has 84 valence electrons. The zero-order valence-corrected chi connectivity index (χ0v) is 9.28. The molecule has 5 heteroatoms. The van der Waals surface area contributed by atoms with Gasteiger partial charge in [-0.1, -0.05) is 17.7 Å². The maximum atomic E-state index is 11.7. The molecule has 1 saturated heterocycles. The van der Waals surface area contributed by atoms with E-state index in [1.165, 1.54) is 0 Å². The van der Waals surface area contributed by atoms with E-state index in [0.29, 0.717) is 17.3 Å². The molecule has 0 spiro atoms. The van der Waals surface area contributed by atoms with Crippen LogP contribution in [0.2, 0.25) is 5.02 Å². The highest BCUT2D eigenvalue weighted by Gasteiger charge is 2.33. The lowest BCUT2D eigenvalue weighted by Gasteiger charge is -2.16. The maximum Gasteiger partial charge on any atom is 0.227 e. The number of anilines is 1. The third kappa shape index (κ3) is 2.02. The molecular formula is C11H11ClN2O2. The third-order valence-electron chi connectivity index (χ3n) is 2.65. The minimum atomic E-state index is -0.433. The first-order chi connectivity index (χ1) is 7.58. The molecule has 0 radical (unpaired) electrons. The Balaban J connectivity index is 2.23. The van der Waals surface area contributed by atoms with Gasteiger partial charge in [0.15, 0.2) is 0 Å². The van der Waals surface area contributed by atoms with Gasteiger partial charge in [0.1, 0.15) is 0 Å². The quantitative estimate of drug-likeness (QED) is 0.841. The Morgan fingerprint density at radius 3 is 2.81 bits per heavy atom. The van der Waals surface area contributed by atoms with Crippen molar-refractivity contribution in [1.82, 2.24) is 0 Å². The van der Waals surface area contributed by atoms with Crippen LogP contribution in [-0.4, -0.2) is 18.4 Å². The van der Waals surface area contributed by atoms with E-state index in [1.807, 2.05) is 0 Å². The molecule has 2 N–H and O–H groups in total. The molecule has 1 aliphatic rings. The van der Waals surface area contributed by atoms with E-state index < -0.39 is 11.8 Å². The van der Waals surface area contributed by atoms with Gasteiger partial charge in [0.25, 0.3) is 0 Å². The first-order valence-corrected chi connectivity index (χ1v) is 5.31. The van der Waals surface area contributed by atoms with E-state index in [1.54, 1.807) is 29.2 Å². The van der Waals surface area contributed by atoms with Gasteiger partial charge >= 0.3 is 0 Å². The van der Waals surface area contributed by atoms with Gasteiger partial charge in [-0.05, 0) is 18.2 Å². The summed E-state index contributed by atoms with van der Waals surface area (Å²) in [7, 11) is 0. The fourth-order valence-electron chi connectivity index (χ4n) is 1.79. The number of amides is 2. The Labute approximate surface area is 98.0 Å². The number of benzene rings is 1. The largest absolute Gasteiger partial charge is 0.369 e. The van der Waals surface area contributed by atoms with Gasteiger partial charge in [-0.2, -0.15) is 0 Å². The predicted octanol–water partition coefficient (Wildman–Crippen LogP) is 1.18. The molecule has 0 unspecified atom stereocenters. The molecule has 1 atom stereocenters. The van der Waals surface area contributed by atoms with Crippen LogP contribution in [0, 0.1) is 5.92 Å². The Morgan fingerprint density at radius 2 is 2.25 bits per heavy atom. The summed E-state index contributed by atoms with van der Waals surface area (Å²) in [6.45, 7) is 0.342. The van der Waals surface area contributed by atoms with Crippen LogP contribution in [0.15, 0.2) is 24.3 Å². The summed E-state index contributed by atoms with van der Waals surface area (Å²) in [6.07, 6.45) is 0.182. The number of hydrogen-bond donors (Lipinski definition) is 1. The molecule has 2 amide bonds. The number of rotatable bonds is 2. The summed E-state index contributed by atoms with van der Waals surface area (Å²) in [4.78, 5) is 24.2. The number of carbonyl (C=O) groups excluding carboxylic acids is 2. The van der Waals surface area contributed by atoms with Gasteiger partial charge in [0.05, 0.1) is 5.92 Å².